The Morgan fingerprint density at radius 1 is 1.28 bits per heavy atom. The fraction of sp³-hybridized carbons (Fsp3) is 0. The Morgan fingerprint density at radius 2 is 2.06 bits per heavy atom. The lowest BCUT2D eigenvalue weighted by Gasteiger charge is -2.03. The second kappa shape index (κ2) is 4.63. The van der Waals surface area contributed by atoms with Crippen molar-refractivity contribution in [3.8, 4) is 17.2 Å². The average Bonchev–Trinajstić information content (AvgIpc) is 2.38. The number of pyridine rings is 1. The summed E-state index contributed by atoms with van der Waals surface area (Å²) < 4.78 is 13.4. The summed E-state index contributed by atoms with van der Waals surface area (Å²) in [6.45, 7) is 0. The van der Waals surface area contributed by atoms with Gasteiger partial charge in [-0.15, -0.1) is 0 Å². The van der Waals surface area contributed by atoms with Crippen LogP contribution in [0.1, 0.15) is 15.9 Å². The molecule has 0 unspecified atom stereocenters. The van der Waals surface area contributed by atoms with Crippen molar-refractivity contribution in [2.75, 3.05) is 0 Å². The smallest absolute Gasteiger partial charge is 0.337 e. The number of benzene rings is 1. The molecule has 1 aromatic carbocycles. The largest absolute Gasteiger partial charge is 0.478 e. The minimum atomic E-state index is -1.10. The van der Waals surface area contributed by atoms with Crippen LogP contribution in [0.4, 0.5) is 4.39 Å². The highest BCUT2D eigenvalue weighted by Gasteiger charge is 2.08. The van der Waals surface area contributed by atoms with E-state index in [2.05, 4.69) is 4.98 Å². The SMILES string of the molecule is N#Cc1ccc(-c2cncc(C(=O)O)c2)cc1F. The van der Waals surface area contributed by atoms with Gasteiger partial charge >= 0.3 is 5.97 Å². The molecule has 2 aromatic rings. The molecule has 0 saturated heterocycles. The standard InChI is InChI=1S/C13H7FN2O2/c14-12-4-8(1-2-9(12)5-15)10-3-11(13(17)18)7-16-6-10/h1-4,6-7H,(H,17,18). The summed E-state index contributed by atoms with van der Waals surface area (Å²) in [7, 11) is 0. The van der Waals surface area contributed by atoms with E-state index in [-0.39, 0.29) is 11.1 Å². The van der Waals surface area contributed by atoms with Crippen molar-refractivity contribution in [2.24, 2.45) is 0 Å². The van der Waals surface area contributed by atoms with E-state index >= 15 is 0 Å². The number of rotatable bonds is 2. The molecule has 0 aliphatic rings. The fourth-order valence-electron chi connectivity index (χ4n) is 1.50. The minimum absolute atomic E-state index is 0.0252. The molecule has 0 radical (unpaired) electrons. The van der Waals surface area contributed by atoms with E-state index in [9.17, 15) is 9.18 Å². The van der Waals surface area contributed by atoms with Gasteiger partial charge in [0.1, 0.15) is 11.9 Å². The van der Waals surface area contributed by atoms with Gasteiger partial charge in [-0.05, 0) is 23.8 Å². The molecular formula is C13H7FN2O2. The first-order valence-corrected chi connectivity index (χ1v) is 5.00. The summed E-state index contributed by atoms with van der Waals surface area (Å²) in [5.74, 6) is -1.74. The van der Waals surface area contributed by atoms with Gasteiger partial charge in [-0.25, -0.2) is 9.18 Å². The first-order valence-electron chi connectivity index (χ1n) is 5.00. The maximum Gasteiger partial charge on any atom is 0.337 e. The van der Waals surface area contributed by atoms with Crippen LogP contribution in [0, 0.1) is 17.1 Å². The summed E-state index contributed by atoms with van der Waals surface area (Å²) in [6.07, 6.45) is 2.65. The number of nitrogens with zero attached hydrogens (tertiary/aromatic N) is 2. The molecule has 5 heteroatoms. The average molecular weight is 242 g/mol. The molecule has 2 rings (SSSR count). The Bertz CT molecular complexity index is 662. The van der Waals surface area contributed by atoms with Crippen molar-refractivity contribution in [1.82, 2.24) is 4.98 Å². The topological polar surface area (TPSA) is 74.0 Å². The van der Waals surface area contributed by atoms with Crippen LogP contribution in [0.3, 0.4) is 0 Å². The molecule has 0 amide bonds. The van der Waals surface area contributed by atoms with E-state index in [0.29, 0.717) is 11.1 Å². The normalized spacial score (nSPS) is 9.78. The van der Waals surface area contributed by atoms with Crippen LogP contribution in [-0.2, 0) is 0 Å². The van der Waals surface area contributed by atoms with Crippen LogP contribution < -0.4 is 0 Å². The zero-order chi connectivity index (χ0) is 13.1. The summed E-state index contributed by atoms with van der Waals surface area (Å²) in [4.78, 5) is 14.6. The van der Waals surface area contributed by atoms with Gasteiger partial charge in [-0.1, -0.05) is 6.07 Å². The molecular weight excluding hydrogens is 235 g/mol. The van der Waals surface area contributed by atoms with E-state index in [1.54, 1.807) is 12.1 Å². The molecule has 88 valence electrons. The van der Waals surface area contributed by atoms with Crippen molar-refractivity contribution in [3.63, 3.8) is 0 Å². The molecule has 0 aliphatic carbocycles. The van der Waals surface area contributed by atoms with Crippen molar-refractivity contribution in [2.45, 2.75) is 0 Å². The number of aromatic nitrogens is 1. The lowest BCUT2D eigenvalue weighted by Crippen LogP contribution is -1.97. The molecule has 0 saturated carbocycles. The third kappa shape index (κ3) is 2.18. The molecule has 1 N–H and O–H groups in total. The summed E-state index contributed by atoms with van der Waals surface area (Å²) in [6, 6.07) is 7.19. The predicted octanol–water partition coefficient (Wildman–Crippen LogP) is 2.46. The monoisotopic (exact) mass is 242 g/mol. The second-order valence-corrected chi connectivity index (χ2v) is 3.57. The lowest BCUT2D eigenvalue weighted by atomic mass is 10.0. The highest BCUT2D eigenvalue weighted by atomic mass is 19.1. The Morgan fingerprint density at radius 3 is 2.67 bits per heavy atom. The van der Waals surface area contributed by atoms with E-state index in [1.807, 2.05) is 0 Å². The van der Waals surface area contributed by atoms with E-state index < -0.39 is 11.8 Å². The van der Waals surface area contributed by atoms with E-state index in [1.165, 1.54) is 30.6 Å². The van der Waals surface area contributed by atoms with Crippen LogP contribution in [0.15, 0.2) is 36.7 Å². The Labute approximate surface area is 102 Å². The Hall–Kier alpha value is -2.74. The zero-order valence-electron chi connectivity index (χ0n) is 9.09. The van der Waals surface area contributed by atoms with Gasteiger partial charge < -0.3 is 5.11 Å². The highest BCUT2D eigenvalue weighted by Crippen LogP contribution is 2.21. The molecule has 4 nitrogen and oxygen atoms in total. The van der Waals surface area contributed by atoms with Gasteiger partial charge in [0.05, 0.1) is 11.1 Å². The third-order valence-corrected chi connectivity index (χ3v) is 2.41. The summed E-state index contributed by atoms with van der Waals surface area (Å²) in [5, 5.41) is 17.5. The molecule has 1 aromatic heterocycles. The van der Waals surface area contributed by atoms with Crippen molar-refractivity contribution >= 4 is 5.97 Å². The minimum Gasteiger partial charge on any atom is -0.478 e. The number of carbonyl (C=O) groups is 1. The maximum absolute atomic E-state index is 13.4. The number of carboxylic acids is 1. The lowest BCUT2D eigenvalue weighted by molar-refractivity contribution is 0.0696. The van der Waals surface area contributed by atoms with Crippen molar-refractivity contribution < 1.29 is 14.3 Å². The molecule has 1 heterocycles. The summed E-state index contributed by atoms with van der Waals surface area (Å²) >= 11 is 0. The molecule has 18 heavy (non-hydrogen) atoms. The van der Waals surface area contributed by atoms with Crippen LogP contribution in [0.2, 0.25) is 0 Å². The first-order chi connectivity index (χ1) is 8.61. The number of carboxylic acid groups (broad SMARTS) is 1. The Kier molecular flexibility index (Phi) is 3.02. The second-order valence-electron chi connectivity index (χ2n) is 3.57. The quantitative estimate of drug-likeness (QED) is 0.877. The van der Waals surface area contributed by atoms with E-state index in [4.69, 9.17) is 10.4 Å². The number of nitriles is 1. The number of hydrogen-bond acceptors (Lipinski definition) is 3. The Balaban J connectivity index is 2.49. The van der Waals surface area contributed by atoms with E-state index in [0.717, 1.165) is 0 Å². The molecule has 0 aliphatic heterocycles. The van der Waals surface area contributed by atoms with Gasteiger partial charge in [0, 0.05) is 18.0 Å². The van der Waals surface area contributed by atoms with Crippen molar-refractivity contribution in [1.29, 1.82) is 5.26 Å². The first kappa shape index (κ1) is 11.7. The molecule has 0 bridgehead atoms. The van der Waals surface area contributed by atoms with Gasteiger partial charge in [0.15, 0.2) is 0 Å². The predicted molar refractivity (Wildman–Crippen MR) is 61.3 cm³/mol. The maximum atomic E-state index is 13.4. The van der Waals surface area contributed by atoms with Gasteiger partial charge in [-0.3, -0.25) is 4.98 Å². The van der Waals surface area contributed by atoms with Gasteiger partial charge in [0.25, 0.3) is 0 Å². The van der Waals surface area contributed by atoms with Crippen molar-refractivity contribution in [3.05, 3.63) is 53.6 Å². The fourth-order valence-corrected chi connectivity index (χ4v) is 1.50. The highest BCUT2D eigenvalue weighted by molar-refractivity contribution is 5.88. The van der Waals surface area contributed by atoms with Gasteiger partial charge in [-0.2, -0.15) is 5.26 Å². The van der Waals surface area contributed by atoms with Gasteiger partial charge in [0.2, 0.25) is 0 Å². The van der Waals surface area contributed by atoms with Crippen LogP contribution in [-0.4, -0.2) is 16.1 Å². The van der Waals surface area contributed by atoms with Crippen LogP contribution in [0.5, 0.6) is 0 Å². The third-order valence-electron chi connectivity index (χ3n) is 2.41. The van der Waals surface area contributed by atoms with Crippen LogP contribution >= 0.6 is 0 Å². The molecule has 0 atom stereocenters. The number of aromatic carboxylic acids is 1. The summed E-state index contributed by atoms with van der Waals surface area (Å²) in [5.41, 5.74) is 0.929. The zero-order valence-corrected chi connectivity index (χ0v) is 9.09. The number of hydrogen-bond donors (Lipinski definition) is 1. The number of halogens is 1. The molecule has 0 spiro atoms. The van der Waals surface area contributed by atoms with Crippen LogP contribution in [0.25, 0.3) is 11.1 Å². The molecule has 0 fully saturated rings.